The zero-order chi connectivity index (χ0) is 12.4. The molecule has 0 unspecified atom stereocenters. The van der Waals surface area contributed by atoms with Crippen LogP contribution in [-0.4, -0.2) is 13.2 Å². The smallest absolute Gasteiger partial charge is 0.0463 e. The molecule has 0 saturated heterocycles. The normalized spacial score (nSPS) is 9.50. The standard InChI is InChI=1S/C8H11N.C6H14O/c1-6-3-4-7(2)8(9)5-6;1-3-5-7-6-4-2/h3-5H,9H2,1-2H3;3-6H2,1-2H3. The second-order valence-corrected chi connectivity index (χ2v) is 3.97. The van der Waals surface area contributed by atoms with Gasteiger partial charge in [0, 0.05) is 18.9 Å². The molecule has 1 aromatic rings. The third-order valence-electron chi connectivity index (χ3n) is 2.13. The fraction of sp³-hybridized carbons (Fsp3) is 0.571. The molecule has 1 aromatic carbocycles. The Morgan fingerprint density at radius 3 is 2.00 bits per heavy atom. The third kappa shape index (κ3) is 7.30. The van der Waals surface area contributed by atoms with Crippen molar-refractivity contribution in [3.05, 3.63) is 29.3 Å². The fourth-order valence-corrected chi connectivity index (χ4v) is 1.15. The molecular weight excluding hydrogens is 198 g/mol. The van der Waals surface area contributed by atoms with Crippen LogP contribution in [0.25, 0.3) is 0 Å². The molecule has 0 saturated carbocycles. The lowest BCUT2D eigenvalue weighted by molar-refractivity contribution is 0.135. The Morgan fingerprint density at radius 2 is 1.62 bits per heavy atom. The van der Waals surface area contributed by atoms with E-state index in [1.165, 1.54) is 5.56 Å². The molecule has 0 atom stereocenters. The van der Waals surface area contributed by atoms with Crippen LogP contribution in [0.5, 0.6) is 0 Å². The molecule has 0 bridgehead atoms. The summed E-state index contributed by atoms with van der Waals surface area (Å²) in [5.74, 6) is 0. The molecule has 0 heterocycles. The largest absolute Gasteiger partial charge is 0.399 e. The molecule has 2 heteroatoms. The molecule has 0 aliphatic carbocycles. The maximum Gasteiger partial charge on any atom is 0.0463 e. The summed E-state index contributed by atoms with van der Waals surface area (Å²) in [7, 11) is 0. The number of nitrogen functional groups attached to an aromatic ring is 1. The van der Waals surface area contributed by atoms with Gasteiger partial charge in [-0.15, -0.1) is 0 Å². The number of nitrogens with two attached hydrogens (primary N) is 1. The highest BCUT2D eigenvalue weighted by Crippen LogP contribution is 2.10. The zero-order valence-corrected chi connectivity index (χ0v) is 11.0. The Kier molecular flexibility index (Phi) is 8.64. The van der Waals surface area contributed by atoms with Crippen molar-refractivity contribution in [2.45, 2.75) is 40.5 Å². The van der Waals surface area contributed by atoms with Crippen LogP contribution in [0.3, 0.4) is 0 Å². The van der Waals surface area contributed by atoms with E-state index in [-0.39, 0.29) is 0 Å². The molecule has 92 valence electrons. The topological polar surface area (TPSA) is 35.2 Å². The van der Waals surface area contributed by atoms with Gasteiger partial charge in [-0.2, -0.15) is 0 Å². The molecule has 0 spiro atoms. The van der Waals surface area contributed by atoms with E-state index in [4.69, 9.17) is 10.5 Å². The molecule has 0 amide bonds. The van der Waals surface area contributed by atoms with Crippen molar-refractivity contribution in [3.8, 4) is 0 Å². The third-order valence-corrected chi connectivity index (χ3v) is 2.13. The summed E-state index contributed by atoms with van der Waals surface area (Å²) in [6, 6.07) is 6.08. The number of hydrogen-bond acceptors (Lipinski definition) is 2. The second-order valence-electron chi connectivity index (χ2n) is 3.97. The Bertz CT molecular complexity index is 280. The Balaban J connectivity index is 0.000000293. The van der Waals surface area contributed by atoms with Gasteiger partial charge in [-0.1, -0.05) is 26.0 Å². The minimum Gasteiger partial charge on any atom is -0.399 e. The minimum absolute atomic E-state index is 0.884. The van der Waals surface area contributed by atoms with Crippen molar-refractivity contribution in [3.63, 3.8) is 0 Å². The van der Waals surface area contributed by atoms with E-state index in [9.17, 15) is 0 Å². The number of ether oxygens (including phenoxy) is 1. The molecule has 0 aliphatic heterocycles. The number of aryl methyl sites for hydroxylation is 2. The minimum atomic E-state index is 0.884. The summed E-state index contributed by atoms with van der Waals surface area (Å²) in [5.41, 5.74) is 8.88. The van der Waals surface area contributed by atoms with Gasteiger partial charge < -0.3 is 10.5 Å². The zero-order valence-electron chi connectivity index (χ0n) is 11.0. The van der Waals surface area contributed by atoms with E-state index < -0.39 is 0 Å². The molecule has 0 aliphatic rings. The van der Waals surface area contributed by atoms with Crippen molar-refractivity contribution in [1.82, 2.24) is 0 Å². The number of benzene rings is 1. The summed E-state index contributed by atoms with van der Waals surface area (Å²) in [4.78, 5) is 0. The molecule has 0 aromatic heterocycles. The van der Waals surface area contributed by atoms with Gasteiger partial charge in [-0.25, -0.2) is 0 Å². The van der Waals surface area contributed by atoms with Gasteiger partial charge in [0.05, 0.1) is 0 Å². The van der Waals surface area contributed by atoms with E-state index in [1.807, 2.05) is 26.0 Å². The van der Waals surface area contributed by atoms with Gasteiger partial charge >= 0.3 is 0 Å². The van der Waals surface area contributed by atoms with Crippen LogP contribution in [0, 0.1) is 13.8 Å². The Labute approximate surface area is 99.8 Å². The number of hydrogen-bond donors (Lipinski definition) is 1. The summed E-state index contributed by atoms with van der Waals surface area (Å²) in [6.45, 7) is 10.1. The van der Waals surface area contributed by atoms with Crippen LogP contribution in [0.1, 0.15) is 37.8 Å². The van der Waals surface area contributed by atoms with Gasteiger partial charge in [0.1, 0.15) is 0 Å². The van der Waals surface area contributed by atoms with Crippen molar-refractivity contribution >= 4 is 5.69 Å². The van der Waals surface area contributed by atoms with Crippen molar-refractivity contribution in [2.24, 2.45) is 0 Å². The number of rotatable bonds is 4. The van der Waals surface area contributed by atoms with E-state index in [1.54, 1.807) is 0 Å². The first kappa shape index (κ1) is 15.0. The number of anilines is 1. The van der Waals surface area contributed by atoms with Crippen LogP contribution in [-0.2, 0) is 4.74 Å². The van der Waals surface area contributed by atoms with Crippen LogP contribution < -0.4 is 5.73 Å². The quantitative estimate of drug-likeness (QED) is 0.624. The summed E-state index contributed by atoms with van der Waals surface area (Å²) < 4.78 is 5.13. The Morgan fingerprint density at radius 1 is 1.06 bits per heavy atom. The predicted molar refractivity (Wildman–Crippen MR) is 71.7 cm³/mol. The molecule has 0 radical (unpaired) electrons. The first-order chi connectivity index (χ1) is 7.61. The van der Waals surface area contributed by atoms with Crippen molar-refractivity contribution in [1.29, 1.82) is 0 Å². The molecule has 2 nitrogen and oxygen atoms in total. The van der Waals surface area contributed by atoms with Crippen LogP contribution in [0.4, 0.5) is 5.69 Å². The lowest BCUT2D eigenvalue weighted by Gasteiger charge is -1.98. The SMILES string of the molecule is CCCOCCC.Cc1ccc(C)c(N)c1. The predicted octanol–water partition coefficient (Wildman–Crippen LogP) is 3.71. The van der Waals surface area contributed by atoms with Crippen molar-refractivity contribution < 1.29 is 4.74 Å². The van der Waals surface area contributed by atoms with Gasteiger partial charge in [-0.3, -0.25) is 0 Å². The highest BCUT2D eigenvalue weighted by molar-refractivity contribution is 5.47. The van der Waals surface area contributed by atoms with E-state index in [2.05, 4.69) is 19.9 Å². The van der Waals surface area contributed by atoms with Crippen LogP contribution >= 0.6 is 0 Å². The fourth-order valence-electron chi connectivity index (χ4n) is 1.15. The lowest BCUT2D eigenvalue weighted by Crippen LogP contribution is -1.92. The highest BCUT2D eigenvalue weighted by Gasteiger charge is 1.89. The average Bonchev–Trinajstić information content (AvgIpc) is 2.26. The monoisotopic (exact) mass is 223 g/mol. The first-order valence-corrected chi connectivity index (χ1v) is 6.02. The lowest BCUT2D eigenvalue weighted by atomic mass is 10.1. The molecule has 0 fully saturated rings. The molecular formula is C14H25NO. The van der Waals surface area contributed by atoms with Crippen LogP contribution in [0.2, 0.25) is 0 Å². The molecule has 2 N–H and O–H groups in total. The molecule has 16 heavy (non-hydrogen) atoms. The second kappa shape index (κ2) is 9.22. The summed E-state index contributed by atoms with van der Waals surface area (Å²) in [6.07, 6.45) is 2.28. The van der Waals surface area contributed by atoms with Gasteiger partial charge in [0.2, 0.25) is 0 Å². The maximum absolute atomic E-state index is 5.62. The van der Waals surface area contributed by atoms with Gasteiger partial charge in [-0.05, 0) is 43.9 Å². The summed E-state index contributed by atoms with van der Waals surface area (Å²) >= 11 is 0. The first-order valence-electron chi connectivity index (χ1n) is 6.02. The highest BCUT2D eigenvalue weighted by atomic mass is 16.5. The van der Waals surface area contributed by atoms with Gasteiger partial charge in [0.15, 0.2) is 0 Å². The Hall–Kier alpha value is -1.02. The van der Waals surface area contributed by atoms with Crippen LogP contribution in [0.15, 0.2) is 18.2 Å². The van der Waals surface area contributed by atoms with Gasteiger partial charge in [0.25, 0.3) is 0 Å². The molecule has 1 rings (SSSR count). The summed E-state index contributed by atoms with van der Waals surface area (Å²) in [5, 5.41) is 0. The van der Waals surface area contributed by atoms with E-state index in [0.717, 1.165) is 37.3 Å². The average molecular weight is 223 g/mol. The maximum atomic E-state index is 5.62. The van der Waals surface area contributed by atoms with E-state index >= 15 is 0 Å². The van der Waals surface area contributed by atoms with Crippen molar-refractivity contribution in [2.75, 3.05) is 18.9 Å². The van der Waals surface area contributed by atoms with E-state index in [0.29, 0.717) is 0 Å².